The van der Waals surface area contributed by atoms with Gasteiger partial charge in [-0.15, -0.1) is 0 Å². The Hall–Kier alpha value is -0.970. The molecule has 2 N–H and O–H groups in total. The highest BCUT2D eigenvalue weighted by Gasteiger charge is 2.19. The molecule has 0 bridgehead atoms. The van der Waals surface area contributed by atoms with E-state index in [1.165, 1.54) is 11.6 Å². The molecule has 94 valence electrons. The Morgan fingerprint density at radius 2 is 2.35 bits per heavy atom. The Balaban J connectivity index is 2.00. The zero-order valence-electron chi connectivity index (χ0n) is 10.2. The van der Waals surface area contributed by atoms with Gasteiger partial charge in [-0.05, 0) is 30.2 Å². The summed E-state index contributed by atoms with van der Waals surface area (Å²) in [6.45, 7) is 5.83. The SMILES string of the molecule is Cc1cc(F)ccc1CN1CCOC(CN)C1. The molecule has 1 atom stereocenters. The van der Waals surface area contributed by atoms with Crippen molar-refractivity contribution in [3.05, 3.63) is 35.1 Å². The molecule has 4 heteroatoms. The van der Waals surface area contributed by atoms with Crippen molar-refractivity contribution in [3.63, 3.8) is 0 Å². The van der Waals surface area contributed by atoms with E-state index in [1.807, 2.05) is 13.0 Å². The van der Waals surface area contributed by atoms with Gasteiger partial charge in [-0.3, -0.25) is 4.90 Å². The second-order valence-electron chi connectivity index (χ2n) is 4.53. The van der Waals surface area contributed by atoms with Gasteiger partial charge in [0, 0.05) is 26.2 Å². The first-order chi connectivity index (χ1) is 8.19. The van der Waals surface area contributed by atoms with Gasteiger partial charge in [0.2, 0.25) is 0 Å². The number of benzene rings is 1. The van der Waals surface area contributed by atoms with Crippen LogP contribution in [0.3, 0.4) is 0 Å². The zero-order valence-corrected chi connectivity index (χ0v) is 10.2. The van der Waals surface area contributed by atoms with Crippen LogP contribution in [0.25, 0.3) is 0 Å². The number of nitrogens with two attached hydrogens (primary N) is 1. The molecule has 2 rings (SSSR count). The average Bonchev–Trinajstić information content (AvgIpc) is 2.33. The van der Waals surface area contributed by atoms with Crippen molar-refractivity contribution in [2.45, 2.75) is 19.6 Å². The molecule has 1 aromatic carbocycles. The van der Waals surface area contributed by atoms with Crippen LogP contribution in [0.2, 0.25) is 0 Å². The summed E-state index contributed by atoms with van der Waals surface area (Å²) in [4.78, 5) is 2.31. The van der Waals surface area contributed by atoms with Crippen LogP contribution in [0.1, 0.15) is 11.1 Å². The van der Waals surface area contributed by atoms with Gasteiger partial charge in [-0.2, -0.15) is 0 Å². The van der Waals surface area contributed by atoms with Crippen LogP contribution < -0.4 is 5.73 Å². The summed E-state index contributed by atoms with van der Waals surface area (Å²) in [5.41, 5.74) is 7.78. The van der Waals surface area contributed by atoms with Crippen LogP contribution in [0, 0.1) is 12.7 Å². The molecule has 1 heterocycles. The maximum Gasteiger partial charge on any atom is 0.123 e. The van der Waals surface area contributed by atoms with E-state index in [2.05, 4.69) is 4.90 Å². The second-order valence-corrected chi connectivity index (χ2v) is 4.53. The number of rotatable bonds is 3. The van der Waals surface area contributed by atoms with Crippen molar-refractivity contribution < 1.29 is 9.13 Å². The smallest absolute Gasteiger partial charge is 0.123 e. The van der Waals surface area contributed by atoms with Crippen LogP contribution in [-0.2, 0) is 11.3 Å². The monoisotopic (exact) mass is 238 g/mol. The lowest BCUT2D eigenvalue weighted by molar-refractivity contribution is -0.0261. The zero-order chi connectivity index (χ0) is 12.3. The first-order valence-electron chi connectivity index (χ1n) is 5.98. The normalized spacial score (nSPS) is 21.7. The molecule has 0 aromatic heterocycles. The molecule has 0 amide bonds. The standard InChI is InChI=1S/C13H19FN2O/c1-10-6-12(14)3-2-11(10)8-16-4-5-17-13(7-15)9-16/h2-3,6,13H,4-5,7-9,15H2,1H3. The maximum atomic E-state index is 13.0. The summed E-state index contributed by atoms with van der Waals surface area (Å²) in [6, 6.07) is 4.96. The van der Waals surface area contributed by atoms with Crippen molar-refractivity contribution >= 4 is 0 Å². The third kappa shape index (κ3) is 3.25. The quantitative estimate of drug-likeness (QED) is 0.862. The predicted molar refractivity (Wildman–Crippen MR) is 65.2 cm³/mol. The highest BCUT2D eigenvalue weighted by atomic mass is 19.1. The molecule has 1 aliphatic rings. The maximum absolute atomic E-state index is 13.0. The number of hydrogen-bond acceptors (Lipinski definition) is 3. The molecule has 3 nitrogen and oxygen atoms in total. The minimum absolute atomic E-state index is 0.129. The van der Waals surface area contributed by atoms with Crippen LogP contribution >= 0.6 is 0 Å². The first-order valence-corrected chi connectivity index (χ1v) is 5.98. The molecular weight excluding hydrogens is 219 g/mol. The molecule has 0 aliphatic carbocycles. The lowest BCUT2D eigenvalue weighted by Gasteiger charge is -2.32. The van der Waals surface area contributed by atoms with Gasteiger partial charge in [-0.25, -0.2) is 4.39 Å². The fourth-order valence-electron chi connectivity index (χ4n) is 2.14. The van der Waals surface area contributed by atoms with E-state index in [0.29, 0.717) is 6.54 Å². The topological polar surface area (TPSA) is 38.5 Å². The van der Waals surface area contributed by atoms with Gasteiger partial charge in [0.05, 0.1) is 12.7 Å². The van der Waals surface area contributed by atoms with Crippen LogP contribution in [0.5, 0.6) is 0 Å². The number of halogens is 1. The fourth-order valence-corrected chi connectivity index (χ4v) is 2.14. The summed E-state index contributed by atoms with van der Waals surface area (Å²) < 4.78 is 18.5. The number of morpholine rings is 1. The molecule has 0 spiro atoms. The summed E-state index contributed by atoms with van der Waals surface area (Å²) in [5.74, 6) is -0.173. The highest BCUT2D eigenvalue weighted by molar-refractivity contribution is 5.26. The van der Waals surface area contributed by atoms with Gasteiger partial charge in [-0.1, -0.05) is 6.07 Å². The molecule has 1 saturated heterocycles. The Kier molecular flexibility index (Phi) is 4.10. The van der Waals surface area contributed by atoms with Crippen LogP contribution in [0.15, 0.2) is 18.2 Å². The van der Waals surface area contributed by atoms with E-state index in [9.17, 15) is 4.39 Å². The van der Waals surface area contributed by atoms with Crippen LogP contribution in [0.4, 0.5) is 4.39 Å². The summed E-state index contributed by atoms with van der Waals surface area (Å²) >= 11 is 0. The van der Waals surface area contributed by atoms with Crippen molar-refractivity contribution in [2.75, 3.05) is 26.2 Å². The third-order valence-electron chi connectivity index (χ3n) is 3.18. The van der Waals surface area contributed by atoms with E-state index in [4.69, 9.17) is 10.5 Å². The highest BCUT2D eigenvalue weighted by Crippen LogP contribution is 2.14. The average molecular weight is 238 g/mol. The van der Waals surface area contributed by atoms with E-state index in [-0.39, 0.29) is 11.9 Å². The molecular formula is C13H19FN2O. The van der Waals surface area contributed by atoms with Gasteiger partial charge < -0.3 is 10.5 Å². The van der Waals surface area contributed by atoms with E-state index < -0.39 is 0 Å². The number of hydrogen-bond donors (Lipinski definition) is 1. The predicted octanol–water partition coefficient (Wildman–Crippen LogP) is 1.29. The lowest BCUT2D eigenvalue weighted by atomic mass is 10.1. The Morgan fingerprint density at radius 1 is 1.53 bits per heavy atom. The van der Waals surface area contributed by atoms with Crippen LogP contribution in [-0.4, -0.2) is 37.2 Å². The molecule has 1 aliphatic heterocycles. The van der Waals surface area contributed by atoms with Gasteiger partial charge in [0.15, 0.2) is 0 Å². The number of ether oxygens (including phenoxy) is 1. The fraction of sp³-hybridized carbons (Fsp3) is 0.538. The molecule has 1 aromatic rings. The van der Waals surface area contributed by atoms with Crippen molar-refractivity contribution in [1.29, 1.82) is 0 Å². The van der Waals surface area contributed by atoms with Crippen molar-refractivity contribution in [1.82, 2.24) is 4.90 Å². The van der Waals surface area contributed by atoms with Crippen molar-refractivity contribution in [3.8, 4) is 0 Å². The Bertz CT molecular complexity index is 384. The number of aryl methyl sites for hydroxylation is 1. The summed E-state index contributed by atoms with van der Waals surface area (Å²) in [5, 5.41) is 0. The molecule has 17 heavy (non-hydrogen) atoms. The third-order valence-corrected chi connectivity index (χ3v) is 3.18. The second kappa shape index (κ2) is 5.58. The van der Waals surface area contributed by atoms with E-state index in [1.54, 1.807) is 6.07 Å². The Morgan fingerprint density at radius 3 is 3.06 bits per heavy atom. The first kappa shape index (κ1) is 12.5. The van der Waals surface area contributed by atoms with Gasteiger partial charge in [0.1, 0.15) is 5.82 Å². The minimum atomic E-state index is -0.173. The van der Waals surface area contributed by atoms with Crippen molar-refractivity contribution in [2.24, 2.45) is 5.73 Å². The molecule has 1 fully saturated rings. The molecule has 1 unspecified atom stereocenters. The Labute approximate surface area is 101 Å². The minimum Gasteiger partial charge on any atom is -0.374 e. The van der Waals surface area contributed by atoms with Gasteiger partial charge in [0.25, 0.3) is 0 Å². The lowest BCUT2D eigenvalue weighted by Crippen LogP contribution is -2.45. The molecule has 0 saturated carbocycles. The summed E-state index contributed by atoms with van der Waals surface area (Å²) in [7, 11) is 0. The largest absolute Gasteiger partial charge is 0.374 e. The molecule has 0 radical (unpaired) electrons. The summed E-state index contributed by atoms with van der Waals surface area (Å²) in [6.07, 6.45) is 0.129. The number of nitrogens with zero attached hydrogens (tertiary/aromatic N) is 1. The van der Waals surface area contributed by atoms with E-state index in [0.717, 1.165) is 31.8 Å². The van der Waals surface area contributed by atoms with E-state index >= 15 is 0 Å². The van der Waals surface area contributed by atoms with Gasteiger partial charge >= 0.3 is 0 Å².